The van der Waals surface area contributed by atoms with Crippen molar-refractivity contribution in [1.29, 1.82) is 0 Å². The molecule has 0 atom stereocenters. The van der Waals surface area contributed by atoms with Crippen molar-refractivity contribution in [2.24, 2.45) is 0 Å². The summed E-state index contributed by atoms with van der Waals surface area (Å²) in [6, 6.07) is 9.48. The first kappa shape index (κ1) is 15.1. The minimum absolute atomic E-state index is 0.251. The van der Waals surface area contributed by atoms with Crippen molar-refractivity contribution in [3.05, 3.63) is 62.1 Å². The second-order valence-corrected chi connectivity index (χ2v) is 4.78. The van der Waals surface area contributed by atoms with Gasteiger partial charge in [0.25, 0.3) is 5.91 Å². The number of aromatic hydroxyl groups is 1. The summed E-state index contributed by atoms with van der Waals surface area (Å²) in [6.45, 7) is 0. The van der Waals surface area contributed by atoms with E-state index in [9.17, 15) is 20.0 Å². The van der Waals surface area contributed by atoms with Gasteiger partial charge in [0.1, 0.15) is 5.02 Å². The second-order valence-electron chi connectivity index (χ2n) is 3.99. The summed E-state index contributed by atoms with van der Waals surface area (Å²) in [5.74, 6) is -1.38. The summed E-state index contributed by atoms with van der Waals surface area (Å²) in [6.07, 6.45) is 0. The van der Waals surface area contributed by atoms with Crippen LogP contribution in [0.3, 0.4) is 0 Å². The first-order valence-electron chi connectivity index (χ1n) is 5.63. The number of nitro benzene ring substituents is 1. The molecule has 0 aromatic heterocycles. The van der Waals surface area contributed by atoms with Crippen molar-refractivity contribution < 1.29 is 14.8 Å². The lowest BCUT2D eigenvalue weighted by atomic mass is 10.1. The van der Waals surface area contributed by atoms with Gasteiger partial charge >= 0.3 is 5.69 Å². The minimum atomic E-state index is -0.830. The van der Waals surface area contributed by atoms with Gasteiger partial charge in [-0.3, -0.25) is 14.9 Å². The Hall–Kier alpha value is -2.31. The highest BCUT2D eigenvalue weighted by atomic mass is 35.5. The maximum Gasteiger partial charge on any atom is 0.310 e. The Morgan fingerprint density at radius 3 is 2.43 bits per heavy atom. The fraction of sp³-hybridized carbons (Fsp3) is 0. The van der Waals surface area contributed by atoms with Gasteiger partial charge in [-0.15, -0.1) is 0 Å². The molecule has 0 unspecified atom stereocenters. The van der Waals surface area contributed by atoms with Crippen LogP contribution in [0.25, 0.3) is 0 Å². The second kappa shape index (κ2) is 5.99. The van der Waals surface area contributed by atoms with Crippen molar-refractivity contribution >= 4 is 40.5 Å². The van der Waals surface area contributed by atoms with Crippen molar-refractivity contribution in [3.8, 4) is 5.75 Å². The van der Waals surface area contributed by atoms with Crippen LogP contribution in [0.2, 0.25) is 10.0 Å². The van der Waals surface area contributed by atoms with E-state index in [-0.39, 0.29) is 10.6 Å². The first-order chi connectivity index (χ1) is 9.91. The van der Waals surface area contributed by atoms with Crippen LogP contribution in [0.4, 0.5) is 11.4 Å². The van der Waals surface area contributed by atoms with Gasteiger partial charge in [-0.05, 0) is 18.2 Å². The number of nitro groups is 1. The molecule has 0 aliphatic heterocycles. The summed E-state index contributed by atoms with van der Waals surface area (Å²) >= 11 is 11.4. The number of para-hydroxylation sites is 1. The number of amides is 1. The average molecular weight is 327 g/mol. The van der Waals surface area contributed by atoms with Gasteiger partial charge < -0.3 is 10.4 Å². The molecular weight excluding hydrogens is 319 g/mol. The summed E-state index contributed by atoms with van der Waals surface area (Å²) in [5, 5.41) is 22.2. The third-order valence-electron chi connectivity index (χ3n) is 2.63. The minimum Gasteiger partial charge on any atom is -0.505 e. The Morgan fingerprint density at radius 2 is 1.86 bits per heavy atom. The lowest BCUT2D eigenvalue weighted by Crippen LogP contribution is -2.12. The van der Waals surface area contributed by atoms with Gasteiger partial charge in [-0.25, -0.2) is 0 Å². The molecule has 0 aliphatic carbocycles. The zero-order chi connectivity index (χ0) is 15.6. The van der Waals surface area contributed by atoms with E-state index in [1.807, 2.05) is 0 Å². The van der Waals surface area contributed by atoms with Crippen LogP contribution < -0.4 is 5.32 Å². The Kier molecular flexibility index (Phi) is 4.30. The number of hydrogen-bond acceptors (Lipinski definition) is 4. The lowest BCUT2D eigenvalue weighted by Gasteiger charge is -2.09. The maximum atomic E-state index is 12.1. The van der Waals surface area contributed by atoms with Gasteiger partial charge in [0, 0.05) is 5.69 Å². The smallest absolute Gasteiger partial charge is 0.310 e. The zero-order valence-electron chi connectivity index (χ0n) is 10.3. The molecule has 2 N–H and O–H groups in total. The van der Waals surface area contributed by atoms with E-state index in [1.165, 1.54) is 0 Å². The molecule has 6 nitrogen and oxygen atoms in total. The number of phenols is 1. The maximum absolute atomic E-state index is 12.1. The van der Waals surface area contributed by atoms with Gasteiger partial charge in [-0.1, -0.05) is 41.4 Å². The molecule has 21 heavy (non-hydrogen) atoms. The molecule has 0 saturated heterocycles. The number of hydrogen-bond donors (Lipinski definition) is 2. The van der Waals surface area contributed by atoms with Crippen LogP contribution in [0.5, 0.6) is 5.75 Å². The highest BCUT2D eigenvalue weighted by Gasteiger charge is 2.26. The largest absolute Gasteiger partial charge is 0.505 e. The molecule has 2 rings (SSSR count). The predicted molar refractivity (Wildman–Crippen MR) is 79.2 cm³/mol. The lowest BCUT2D eigenvalue weighted by molar-refractivity contribution is -0.384. The fourth-order valence-corrected chi connectivity index (χ4v) is 2.25. The Balaban J connectivity index is 2.41. The quantitative estimate of drug-likeness (QED) is 0.661. The van der Waals surface area contributed by atoms with Crippen molar-refractivity contribution in [2.45, 2.75) is 0 Å². The predicted octanol–water partition coefficient (Wildman–Crippen LogP) is 3.86. The van der Waals surface area contributed by atoms with E-state index in [1.54, 1.807) is 30.3 Å². The third-order valence-corrected chi connectivity index (χ3v) is 3.27. The van der Waals surface area contributed by atoms with Crippen molar-refractivity contribution in [3.63, 3.8) is 0 Å². The molecule has 0 saturated carbocycles. The Morgan fingerprint density at radius 1 is 1.24 bits per heavy atom. The van der Waals surface area contributed by atoms with E-state index in [0.717, 1.165) is 6.07 Å². The molecule has 0 aliphatic rings. The van der Waals surface area contributed by atoms with E-state index >= 15 is 0 Å². The molecule has 2 aromatic rings. The van der Waals surface area contributed by atoms with Crippen LogP contribution in [0.1, 0.15) is 10.4 Å². The summed E-state index contributed by atoms with van der Waals surface area (Å²) < 4.78 is 0. The van der Waals surface area contributed by atoms with Gasteiger partial charge in [-0.2, -0.15) is 0 Å². The van der Waals surface area contributed by atoms with E-state index in [2.05, 4.69) is 5.32 Å². The topological polar surface area (TPSA) is 92.5 Å². The number of carbonyl (C=O) groups excluding carboxylic acids is 1. The molecule has 0 heterocycles. The number of halogens is 2. The third kappa shape index (κ3) is 3.07. The summed E-state index contributed by atoms with van der Waals surface area (Å²) in [7, 11) is 0. The fourth-order valence-electron chi connectivity index (χ4n) is 1.66. The molecule has 1 amide bonds. The number of rotatable bonds is 3. The van der Waals surface area contributed by atoms with Crippen molar-refractivity contribution in [1.82, 2.24) is 0 Å². The standard InChI is InChI=1S/C13H8Cl2N2O4/c14-9-6-8(12(18)10(15)11(9)17(20)21)13(19)16-7-4-2-1-3-5-7/h1-6,18H,(H,16,19). The van der Waals surface area contributed by atoms with Crippen LogP contribution in [0.15, 0.2) is 36.4 Å². The van der Waals surface area contributed by atoms with E-state index in [0.29, 0.717) is 5.69 Å². The monoisotopic (exact) mass is 326 g/mol. The summed E-state index contributed by atoms with van der Waals surface area (Å²) in [4.78, 5) is 22.0. The highest BCUT2D eigenvalue weighted by Crippen LogP contribution is 2.41. The molecule has 2 aromatic carbocycles. The first-order valence-corrected chi connectivity index (χ1v) is 6.39. The molecular formula is C13H8Cl2N2O4. The number of carbonyl (C=O) groups is 1. The SMILES string of the molecule is O=C(Nc1ccccc1)c1cc(Cl)c([N+](=O)[O-])c(Cl)c1O. The van der Waals surface area contributed by atoms with Crippen LogP contribution in [-0.4, -0.2) is 15.9 Å². The van der Waals surface area contributed by atoms with Crippen LogP contribution >= 0.6 is 23.2 Å². The molecule has 108 valence electrons. The Bertz CT molecular complexity index is 720. The van der Waals surface area contributed by atoms with Crippen LogP contribution in [0, 0.1) is 10.1 Å². The van der Waals surface area contributed by atoms with E-state index < -0.39 is 27.3 Å². The molecule has 8 heteroatoms. The van der Waals surface area contributed by atoms with Crippen molar-refractivity contribution in [2.75, 3.05) is 5.32 Å². The number of benzene rings is 2. The zero-order valence-corrected chi connectivity index (χ0v) is 11.9. The highest BCUT2D eigenvalue weighted by molar-refractivity contribution is 6.40. The summed E-state index contributed by atoms with van der Waals surface area (Å²) in [5.41, 5.74) is -0.404. The van der Waals surface area contributed by atoms with Gasteiger partial charge in [0.2, 0.25) is 0 Å². The van der Waals surface area contributed by atoms with Gasteiger partial charge in [0.15, 0.2) is 10.8 Å². The average Bonchev–Trinajstić information content (AvgIpc) is 2.43. The number of nitrogens with one attached hydrogen (secondary N) is 1. The Labute approximate surface area is 129 Å². The molecule has 0 bridgehead atoms. The molecule has 0 spiro atoms. The molecule has 0 radical (unpaired) electrons. The van der Waals surface area contributed by atoms with Crippen LogP contribution in [-0.2, 0) is 0 Å². The number of phenolic OH excluding ortho intramolecular Hbond substituents is 1. The normalized spacial score (nSPS) is 10.2. The molecule has 0 fully saturated rings. The van der Waals surface area contributed by atoms with Gasteiger partial charge in [0.05, 0.1) is 10.5 Å². The number of anilines is 1. The number of nitrogens with zero attached hydrogens (tertiary/aromatic N) is 1. The van der Waals surface area contributed by atoms with E-state index in [4.69, 9.17) is 23.2 Å².